The molecule has 0 saturated carbocycles. The topological polar surface area (TPSA) is 29.3 Å². The number of thioether (sulfide) groups is 1. The first-order chi connectivity index (χ1) is 9.78. The van der Waals surface area contributed by atoms with Crippen LogP contribution in [0.5, 0.6) is 0 Å². The number of hydrogen-bond donors (Lipinski definition) is 1. The Bertz CT molecular complexity index is 572. The van der Waals surface area contributed by atoms with Gasteiger partial charge >= 0.3 is 0 Å². The van der Waals surface area contributed by atoms with Crippen molar-refractivity contribution < 1.29 is 0 Å². The molecule has 2 aromatic rings. The summed E-state index contributed by atoms with van der Waals surface area (Å²) in [5.41, 5.74) is 9.62. The molecule has 0 radical (unpaired) electrons. The quantitative estimate of drug-likeness (QED) is 0.866. The predicted octanol–water partition coefficient (Wildman–Crippen LogP) is 3.81. The molecule has 1 heterocycles. The summed E-state index contributed by atoms with van der Waals surface area (Å²) >= 11 is 2.00. The molecule has 20 heavy (non-hydrogen) atoms. The van der Waals surface area contributed by atoms with Gasteiger partial charge in [0.15, 0.2) is 0 Å². The third-order valence-electron chi connectivity index (χ3n) is 3.80. The van der Waals surface area contributed by atoms with E-state index in [0.717, 1.165) is 30.9 Å². The van der Waals surface area contributed by atoms with Gasteiger partial charge in [0.25, 0.3) is 0 Å². The molecule has 0 aliphatic carbocycles. The maximum Gasteiger partial charge on any atom is 0.0600 e. The summed E-state index contributed by atoms with van der Waals surface area (Å²) in [6, 6.07) is 16.9. The molecule has 1 unspecified atom stereocenters. The summed E-state index contributed by atoms with van der Waals surface area (Å²) in [6.45, 7) is 4.23. The molecule has 104 valence electrons. The van der Waals surface area contributed by atoms with Gasteiger partial charge in [0.1, 0.15) is 0 Å². The monoisotopic (exact) mass is 284 g/mol. The summed E-state index contributed by atoms with van der Waals surface area (Å²) in [7, 11) is 0. The van der Waals surface area contributed by atoms with Crippen LogP contribution in [0.15, 0.2) is 53.4 Å². The Labute approximate surface area is 125 Å². The Morgan fingerprint density at radius 3 is 2.65 bits per heavy atom. The van der Waals surface area contributed by atoms with Crippen molar-refractivity contribution in [2.45, 2.75) is 23.5 Å². The second kappa shape index (κ2) is 5.80. The lowest BCUT2D eigenvalue weighted by molar-refractivity contribution is 0.769. The molecule has 0 amide bonds. The lowest BCUT2D eigenvalue weighted by atomic mass is 10.1. The van der Waals surface area contributed by atoms with Gasteiger partial charge < -0.3 is 10.6 Å². The maximum atomic E-state index is 6.11. The SMILES string of the molecule is CCN(CC1Cc2ccccc2S1)c1ccccc1N. The van der Waals surface area contributed by atoms with Crippen molar-refractivity contribution in [3.05, 3.63) is 54.1 Å². The summed E-state index contributed by atoms with van der Waals surface area (Å²) < 4.78 is 0. The zero-order valence-electron chi connectivity index (χ0n) is 11.8. The molecule has 0 bridgehead atoms. The largest absolute Gasteiger partial charge is 0.397 e. The molecule has 1 aliphatic rings. The standard InChI is InChI=1S/C17H20N2S/c1-2-19(16-9-5-4-8-15(16)18)12-14-11-13-7-3-6-10-17(13)20-14/h3-10,14H,2,11-12,18H2,1H3. The molecular formula is C17H20N2S. The second-order valence-corrected chi connectivity index (χ2v) is 6.49. The fourth-order valence-corrected chi connectivity index (χ4v) is 4.11. The molecule has 1 atom stereocenters. The van der Waals surface area contributed by atoms with Crippen LogP contribution < -0.4 is 10.6 Å². The van der Waals surface area contributed by atoms with Crippen LogP contribution in [-0.2, 0) is 6.42 Å². The lowest BCUT2D eigenvalue weighted by Gasteiger charge is -2.27. The van der Waals surface area contributed by atoms with Crippen LogP contribution >= 0.6 is 11.8 Å². The van der Waals surface area contributed by atoms with E-state index >= 15 is 0 Å². The smallest absolute Gasteiger partial charge is 0.0600 e. The molecule has 2 N–H and O–H groups in total. The number of hydrogen-bond acceptors (Lipinski definition) is 3. The minimum Gasteiger partial charge on any atom is -0.397 e. The van der Waals surface area contributed by atoms with Crippen molar-refractivity contribution in [2.75, 3.05) is 23.7 Å². The molecule has 1 aliphatic heterocycles. The molecule has 2 nitrogen and oxygen atoms in total. The van der Waals surface area contributed by atoms with Gasteiger partial charge in [0, 0.05) is 23.2 Å². The summed E-state index contributed by atoms with van der Waals surface area (Å²) in [4.78, 5) is 3.83. The Morgan fingerprint density at radius 2 is 1.90 bits per heavy atom. The fraction of sp³-hybridized carbons (Fsp3) is 0.294. The first-order valence-electron chi connectivity index (χ1n) is 7.12. The third-order valence-corrected chi connectivity index (χ3v) is 5.10. The first kappa shape index (κ1) is 13.4. The van der Waals surface area contributed by atoms with E-state index in [0.29, 0.717) is 5.25 Å². The van der Waals surface area contributed by atoms with Crippen LogP contribution in [0.2, 0.25) is 0 Å². The van der Waals surface area contributed by atoms with E-state index in [1.54, 1.807) is 0 Å². The van der Waals surface area contributed by atoms with Crippen LogP contribution in [0.1, 0.15) is 12.5 Å². The minimum atomic E-state index is 0.618. The molecule has 0 fully saturated rings. The van der Waals surface area contributed by atoms with Crippen molar-refractivity contribution in [1.82, 2.24) is 0 Å². The van der Waals surface area contributed by atoms with Gasteiger partial charge in [-0.25, -0.2) is 0 Å². The molecular weight excluding hydrogens is 264 g/mol. The summed E-state index contributed by atoms with van der Waals surface area (Å²) in [5.74, 6) is 0. The number of nitrogens with two attached hydrogens (primary N) is 1. The highest BCUT2D eigenvalue weighted by molar-refractivity contribution is 8.00. The van der Waals surface area contributed by atoms with Crippen molar-refractivity contribution in [1.29, 1.82) is 0 Å². The average Bonchev–Trinajstić information content (AvgIpc) is 2.88. The lowest BCUT2D eigenvalue weighted by Crippen LogP contribution is -2.31. The highest BCUT2D eigenvalue weighted by Gasteiger charge is 2.24. The van der Waals surface area contributed by atoms with Gasteiger partial charge in [-0.05, 0) is 37.1 Å². The molecule has 3 heteroatoms. The number of benzene rings is 2. The number of rotatable bonds is 4. The van der Waals surface area contributed by atoms with Crippen LogP contribution in [-0.4, -0.2) is 18.3 Å². The number of nitrogens with zero attached hydrogens (tertiary/aromatic N) is 1. The minimum absolute atomic E-state index is 0.618. The average molecular weight is 284 g/mol. The Kier molecular flexibility index (Phi) is 3.88. The number of para-hydroxylation sites is 2. The van der Waals surface area contributed by atoms with Crippen LogP contribution in [0.4, 0.5) is 11.4 Å². The van der Waals surface area contributed by atoms with Crippen molar-refractivity contribution >= 4 is 23.1 Å². The third kappa shape index (κ3) is 2.63. The normalized spacial score (nSPS) is 16.9. The highest BCUT2D eigenvalue weighted by Crippen LogP contribution is 2.38. The first-order valence-corrected chi connectivity index (χ1v) is 8.00. The predicted molar refractivity (Wildman–Crippen MR) is 88.5 cm³/mol. The molecule has 0 spiro atoms. The highest BCUT2D eigenvalue weighted by atomic mass is 32.2. The van der Waals surface area contributed by atoms with Gasteiger partial charge in [0.2, 0.25) is 0 Å². The Balaban J connectivity index is 1.73. The van der Waals surface area contributed by atoms with Crippen LogP contribution in [0.3, 0.4) is 0 Å². The zero-order valence-corrected chi connectivity index (χ0v) is 12.6. The van der Waals surface area contributed by atoms with Crippen LogP contribution in [0.25, 0.3) is 0 Å². The summed E-state index contributed by atoms with van der Waals surface area (Å²) in [6.07, 6.45) is 1.16. The van der Waals surface area contributed by atoms with Gasteiger partial charge in [0.05, 0.1) is 11.4 Å². The molecule has 2 aromatic carbocycles. The number of fused-ring (bicyclic) bond motifs is 1. The number of nitrogen functional groups attached to an aromatic ring is 1. The van der Waals surface area contributed by atoms with E-state index in [9.17, 15) is 0 Å². The van der Waals surface area contributed by atoms with Crippen molar-refractivity contribution in [3.63, 3.8) is 0 Å². The van der Waals surface area contributed by atoms with E-state index in [1.165, 1.54) is 10.5 Å². The van der Waals surface area contributed by atoms with E-state index in [4.69, 9.17) is 5.73 Å². The summed E-state index contributed by atoms with van der Waals surface area (Å²) in [5, 5.41) is 0.618. The molecule has 0 aromatic heterocycles. The van der Waals surface area contributed by atoms with Crippen LogP contribution in [0, 0.1) is 0 Å². The zero-order chi connectivity index (χ0) is 13.9. The van der Waals surface area contributed by atoms with E-state index in [-0.39, 0.29) is 0 Å². The Morgan fingerprint density at radius 1 is 1.15 bits per heavy atom. The van der Waals surface area contributed by atoms with Gasteiger partial charge in [-0.15, -0.1) is 11.8 Å². The maximum absolute atomic E-state index is 6.11. The van der Waals surface area contributed by atoms with Gasteiger partial charge in [-0.1, -0.05) is 30.3 Å². The fourth-order valence-electron chi connectivity index (χ4n) is 2.77. The van der Waals surface area contributed by atoms with Crippen molar-refractivity contribution in [2.24, 2.45) is 0 Å². The molecule has 3 rings (SSSR count). The molecule has 0 saturated heterocycles. The van der Waals surface area contributed by atoms with Crippen molar-refractivity contribution in [3.8, 4) is 0 Å². The van der Waals surface area contributed by atoms with E-state index in [1.807, 2.05) is 23.9 Å². The van der Waals surface area contributed by atoms with Gasteiger partial charge in [-0.3, -0.25) is 0 Å². The Hall–Kier alpha value is -1.61. The number of anilines is 2. The van der Waals surface area contributed by atoms with E-state index in [2.05, 4.69) is 48.2 Å². The van der Waals surface area contributed by atoms with E-state index < -0.39 is 0 Å². The second-order valence-electron chi connectivity index (χ2n) is 5.15. The van der Waals surface area contributed by atoms with Gasteiger partial charge in [-0.2, -0.15) is 0 Å².